The SMILES string of the molecule is CCCCCCC(N)CCCCCCCCCCCN. The number of unbranched alkanes of at least 4 members (excludes halogenated alkanes) is 11. The van der Waals surface area contributed by atoms with Crippen LogP contribution in [-0.2, 0) is 0 Å². The Kier molecular flexibility index (Phi) is 16.9. The number of nitrogens with two attached hydrogens (primary N) is 2. The van der Waals surface area contributed by atoms with E-state index in [0.717, 1.165) is 6.54 Å². The molecule has 0 fully saturated rings. The first-order valence-corrected chi connectivity index (χ1v) is 9.27. The maximum absolute atomic E-state index is 6.15. The molecule has 0 saturated carbocycles. The van der Waals surface area contributed by atoms with Gasteiger partial charge in [0.2, 0.25) is 0 Å². The summed E-state index contributed by atoms with van der Waals surface area (Å²) in [5, 5.41) is 0. The molecule has 1 unspecified atom stereocenters. The average Bonchev–Trinajstić information content (AvgIpc) is 2.45. The zero-order valence-corrected chi connectivity index (χ0v) is 14.0. The minimum Gasteiger partial charge on any atom is -0.330 e. The van der Waals surface area contributed by atoms with Gasteiger partial charge in [-0.05, 0) is 25.8 Å². The molecule has 0 amide bonds. The Labute approximate surface area is 128 Å². The second-order valence-corrected chi connectivity index (χ2v) is 6.37. The van der Waals surface area contributed by atoms with Crippen LogP contribution in [0.3, 0.4) is 0 Å². The molecule has 2 heteroatoms. The zero-order chi connectivity index (χ0) is 14.9. The molecule has 0 aromatic carbocycles. The summed E-state index contributed by atoms with van der Waals surface area (Å²) in [6.07, 6.45) is 20.1. The molecule has 0 saturated heterocycles. The molecule has 0 heterocycles. The van der Waals surface area contributed by atoms with Gasteiger partial charge in [0.05, 0.1) is 0 Å². The second kappa shape index (κ2) is 17.0. The van der Waals surface area contributed by atoms with Gasteiger partial charge in [-0.15, -0.1) is 0 Å². The number of hydrogen-bond donors (Lipinski definition) is 2. The normalized spacial score (nSPS) is 12.8. The van der Waals surface area contributed by atoms with Gasteiger partial charge in [0.25, 0.3) is 0 Å². The molecule has 2 nitrogen and oxygen atoms in total. The summed E-state index contributed by atoms with van der Waals surface area (Å²) in [5.74, 6) is 0. The third-order valence-electron chi connectivity index (χ3n) is 4.21. The van der Waals surface area contributed by atoms with Crippen molar-refractivity contribution in [1.29, 1.82) is 0 Å². The Hall–Kier alpha value is -0.0800. The first kappa shape index (κ1) is 19.9. The van der Waals surface area contributed by atoms with Gasteiger partial charge in [-0.2, -0.15) is 0 Å². The molecule has 0 radical (unpaired) electrons. The zero-order valence-electron chi connectivity index (χ0n) is 14.0. The van der Waals surface area contributed by atoms with Crippen molar-refractivity contribution in [2.45, 2.75) is 109 Å². The largest absolute Gasteiger partial charge is 0.330 e. The summed E-state index contributed by atoms with van der Waals surface area (Å²) in [4.78, 5) is 0. The smallest absolute Gasteiger partial charge is 0.00388 e. The van der Waals surface area contributed by atoms with Crippen molar-refractivity contribution in [1.82, 2.24) is 0 Å². The van der Waals surface area contributed by atoms with Crippen LogP contribution in [0.25, 0.3) is 0 Å². The predicted molar refractivity (Wildman–Crippen MR) is 92.0 cm³/mol. The van der Waals surface area contributed by atoms with Gasteiger partial charge < -0.3 is 11.5 Å². The predicted octanol–water partition coefficient (Wildman–Crippen LogP) is 5.14. The second-order valence-electron chi connectivity index (χ2n) is 6.37. The van der Waals surface area contributed by atoms with Crippen molar-refractivity contribution in [2.75, 3.05) is 6.54 Å². The molecular formula is C18H40N2. The van der Waals surface area contributed by atoms with E-state index in [4.69, 9.17) is 11.5 Å². The van der Waals surface area contributed by atoms with E-state index in [1.807, 2.05) is 0 Å². The molecule has 122 valence electrons. The van der Waals surface area contributed by atoms with Gasteiger partial charge in [-0.25, -0.2) is 0 Å². The van der Waals surface area contributed by atoms with Gasteiger partial charge >= 0.3 is 0 Å². The third kappa shape index (κ3) is 16.0. The summed E-state index contributed by atoms with van der Waals surface area (Å²) in [6.45, 7) is 3.12. The fourth-order valence-corrected chi connectivity index (χ4v) is 2.77. The molecule has 0 aliphatic heterocycles. The van der Waals surface area contributed by atoms with Gasteiger partial charge in [-0.1, -0.05) is 84.0 Å². The van der Waals surface area contributed by atoms with Crippen molar-refractivity contribution in [3.8, 4) is 0 Å². The summed E-state index contributed by atoms with van der Waals surface area (Å²) >= 11 is 0. The minimum atomic E-state index is 0.461. The Morgan fingerprint density at radius 3 is 1.45 bits per heavy atom. The van der Waals surface area contributed by atoms with E-state index in [2.05, 4.69) is 6.92 Å². The summed E-state index contributed by atoms with van der Waals surface area (Å²) in [7, 11) is 0. The molecule has 0 aliphatic rings. The first-order chi connectivity index (χ1) is 9.81. The van der Waals surface area contributed by atoms with E-state index in [1.165, 1.54) is 96.3 Å². The van der Waals surface area contributed by atoms with Gasteiger partial charge in [-0.3, -0.25) is 0 Å². The number of hydrogen-bond acceptors (Lipinski definition) is 2. The van der Waals surface area contributed by atoms with E-state index < -0.39 is 0 Å². The maximum Gasteiger partial charge on any atom is 0.00388 e. The highest BCUT2D eigenvalue weighted by Gasteiger charge is 2.02. The van der Waals surface area contributed by atoms with Gasteiger partial charge in [0.15, 0.2) is 0 Å². The van der Waals surface area contributed by atoms with E-state index >= 15 is 0 Å². The highest BCUT2D eigenvalue weighted by molar-refractivity contribution is 4.61. The monoisotopic (exact) mass is 284 g/mol. The Bertz CT molecular complexity index is 171. The average molecular weight is 285 g/mol. The van der Waals surface area contributed by atoms with E-state index in [0.29, 0.717) is 6.04 Å². The van der Waals surface area contributed by atoms with Crippen LogP contribution in [0.2, 0.25) is 0 Å². The summed E-state index contributed by atoms with van der Waals surface area (Å²) in [5.41, 5.74) is 11.6. The molecule has 0 bridgehead atoms. The maximum atomic E-state index is 6.15. The topological polar surface area (TPSA) is 52.0 Å². The standard InChI is InChI=1S/C18H40N2/c1-2-3-4-12-15-18(20)16-13-10-8-6-5-7-9-11-14-17-19/h18H,2-17,19-20H2,1H3. The Morgan fingerprint density at radius 1 is 0.600 bits per heavy atom. The lowest BCUT2D eigenvalue weighted by atomic mass is 10.0. The van der Waals surface area contributed by atoms with Crippen LogP contribution in [-0.4, -0.2) is 12.6 Å². The van der Waals surface area contributed by atoms with Crippen LogP contribution in [0, 0.1) is 0 Å². The summed E-state index contributed by atoms with van der Waals surface area (Å²) < 4.78 is 0. The Morgan fingerprint density at radius 2 is 1.00 bits per heavy atom. The number of rotatable bonds is 16. The van der Waals surface area contributed by atoms with Gasteiger partial charge in [0.1, 0.15) is 0 Å². The van der Waals surface area contributed by atoms with Crippen LogP contribution in [0.4, 0.5) is 0 Å². The molecule has 0 aromatic heterocycles. The van der Waals surface area contributed by atoms with E-state index in [1.54, 1.807) is 0 Å². The van der Waals surface area contributed by atoms with Crippen LogP contribution < -0.4 is 11.5 Å². The quantitative estimate of drug-likeness (QED) is 0.385. The highest BCUT2D eigenvalue weighted by atomic mass is 14.6. The lowest BCUT2D eigenvalue weighted by Crippen LogP contribution is -2.19. The molecular weight excluding hydrogens is 244 g/mol. The molecule has 0 spiro atoms. The van der Waals surface area contributed by atoms with Crippen molar-refractivity contribution in [3.63, 3.8) is 0 Å². The van der Waals surface area contributed by atoms with Gasteiger partial charge in [0, 0.05) is 6.04 Å². The molecule has 4 N–H and O–H groups in total. The van der Waals surface area contributed by atoms with E-state index in [9.17, 15) is 0 Å². The molecule has 0 rings (SSSR count). The molecule has 1 atom stereocenters. The minimum absolute atomic E-state index is 0.461. The summed E-state index contributed by atoms with van der Waals surface area (Å²) in [6, 6.07) is 0.461. The van der Waals surface area contributed by atoms with Crippen molar-refractivity contribution >= 4 is 0 Å². The van der Waals surface area contributed by atoms with Crippen molar-refractivity contribution in [2.24, 2.45) is 11.5 Å². The molecule has 0 aromatic rings. The van der Waals surface area contributed by atoms with Crippen LogP contribution >= 0.6 is 0 Å². The molecule has 20 heavy (non-hydrogen) atoms. The van der Waals surface area contributed by atoms with Crippen LogP contribution in [0.5, 0.6) is 0 Å². The first-order valence-electron chi connectivity index (χ1n) is 9.27. The van der Waals surface area contributed by atoms with Crippen molar-refractivity contribution < 1.29 is 0 Å². The fraction of sp³-hybridized carbons (Fsp3) is 1.00. The fourth-order valence-electron chi connectivity index (χ4n) is 2.77. The lowest BCUT2D eigenvalue weighted by Gasteiger charge is -2.11. The Balaban J connectivity index is 3.07. The van der Waals surface area contributed by atoms with Crippen LogP contribution in [0.1, 0.15) is 103 Å². The van der Waals surface area contributed by atoms with Crippen LogP contribution in [0.15, 0.2) is 0 Å². The van der Waals surface area contributed by atoms with E-state index in [-0.39, 0.29) is 0 Å². The third-order valence-corrected chi connectivity index (χ3v) is 4.21. The highest BCUT2D eigenvalue weighted by Crippen LogP contribution is 2.13. The molecule has 0 aliphatic carbocycles. The lowest BCUT2D eigenvalue weighted by molar-refractivity contribution is 0.485. The van der Waals surface area contributed by atoms with Crippen molar-refractivity contribution in [3.05, 3.63) is 0 Å².